The van der Waals surface area contributed by atoms with Gasteiger partial charge in [0, 0.05) is 25.2 Å². The monoisotopic (exact) mass is 457 g/mol. The molecule has 0 spiro atoms. The summed E-state index contributed by atoms with van der Waals surface area (Å²) in [6.07, 6.45) is 1.71. The number of aliphatic carboxylic acids is 1. The van der Waals surface area contributed by atoms with Crippen LogP contribution in [0.2, 0.25) is 0 Å². The van der Waals surface area contributed by atoms with Gasteiger partial charge in [-0.2, -0.15) is 0 Å². The van der Waals surface area contributed by atoms with Gasteiger partial charge in [0.2, 0.25) is 0 Å². The molecule has 34 heavy (non-hydrogen) atoms. The van der Waals surface area contributed by atoms with Gasteiger partial charge in [-0.1, -0.05) is 29.8 Å². The Labute approximate surface area is 200 Å². The first-order valence-corrected chi connectivity index (χ1v) is 12.0. The number of rotatable bonds is 6. The second-order valence-electron chi connectivity index (χ2n) is 9.35. The van der Waals surface area contributed by atoms with Crippen LogP contribution in [0.4, 0.5) is 5.82 Å². The van der Waals surface area contributed by atoms with E-state index >= 15 is 0 Å². The number of carbonyl (C=O) groups is 1. The molecule has 0 amide bonds. The maximum absolute atomic E-state index is 11.4. The second-order valence-corrected chi connectivity index (χ2v) is 9.35. The summed E-state index contributed by atoms with van der Waals surface area (Å²) >= 11 is 0. The Balaban J connectivity index is 1.39. The Hall–Kier alpha value is -3.38. The first kappa shape index (κ1) is 22.4. The summed E-state index contributed by atoms with van der Waals surface area (Å²) < 4.78 is 6.37. The lowest BCUT2D eigenvalue weighted by Crippen LogP contribution is -2.24. The Morgan fingerprint density at radius 2 is 2.09 bits per heavy atom. The Bertz CT molecular complexity index is 1220. The minimum absolute atomic E-state index is 0.334. The molecule has 3 aromatic rings. The number of benzene rings is 2. The molecule has 0 bridgehead atoms. The van der Waals surface area contributed by atoms with Gasteiger partial charge in [0.05, 0.1) is 11.6 Å². The Kier molecular flexibility index (Phi) is 6.24. The lowest BCUT2D eigenvalue weighted by Gasteiger charge is -2.22. The van der Waals surface area contributed by atoms with E-state index in [9.17, 15) is 9.90 Å². The van der Waals surface area contributed by atoms with E-state index in [4.69, 9.17) is 9.72 Å². The smallest absolute Gasteiger partial charge is 0.308 e. The summed E-state index contributed by atoms with van der Waals surface area (Å²) in [6, 6.07) is 16.5. The normalized spacial score (nSPS) is 17.5. The Morgan fingerprint density at radius 1 is 1.21 bits per heavy atom. The van der Waals surface area contributed by atoms with Crippen LogP contribution in [0.1, 0.15) is 34.2 Å². The number of anilines is 1. The van der Waals surface area contributed by atoms with Crippen LogP contribution in [-0.4, -0.2) is 35.7 Å². The Morgan fingerprint density at radius 3 is 2.91 bits per heavy atom. The molecule has 2 aliphatic rings. The van der Waals surface area contributed by atoms with Gasteiger partial charge in [0.1, 0.15) is 18.2 Å². The highest BCUT2D eigenvalue weighted by Gasteiger charge is 2.29. The van der Waals surface area contributed by atoms with E-state index in [1.165, 1.54) is 22.3 Å². The van der Waals surface area contributed by atoms with Gasteiger partial charge in [-0.05, 0) is 79.8 Å². The van der Waals surface area contributed by atoms with Gasteiger partial charge in [-0.15, -0.1) is 0 Å². The summed E-state index contributed by atoms with van der Waals surface area (Å²) in [7, 11) is 0. The summed E-state index contributed by atoms with van der Waals surface area (Å²) in [4.78, 5) is 18.3. The van der Waals surface area contributed by atoms with Crippen molar-refractivity contribution in [3.63, 3.8) is 0 Å². The van der Waals surface area contributed by atoms with Crippen molar-refractivity contribution in [2.24, 2.45) is 5.92 Å². The largest absolute Gasteiger partial charge is 0.488 e. The molecule has 0 radical (unpaired) electrons. The molecule has 1 saturated heterocycles. The van der Waals surface area contributed by atoms with E-state index in [2.05, 4.69) is 48.3 Å². The average Bonchev–Trinajstić information content (AvgIpc) is 3.35. The SMILES string of the molecule is Cc1ccc(OCc2ccc3c(c2C)CCNC3)c(-c2cccc(N3CC[C@@H](C(=O)O)C3)n2)c1. The number of aromatic nitrogens is 1. The third kappa shape index (κ3) is 4.50. The molecule has 176 valence electrons. The minimum Gasteiger partial charge on any atom is -0.488 e. The average molecular weight is 458 g/mol. The van der Waals surface area contributed by atoms with Crippen molar-refractivity contribution in [1.82, 2.24) is 10.3 Å². The van der Waals surface area contributed by atoms with Gasteiger partial charge in [-0.25, -0.2) is 4.98 Å². The molecule has 0 saturated carbocycles. The van der Waals surface area contributed by atoms with E-state index in [0.717, 1.165) is 47.9 Å². The summed E-state index contributed by atoms with van der Waals surface area (Å²) in [5.74, 6) is 0.549. The van der Waals surface area contributed by atoms with Crippen LogP contribution in [-0.2, 0) is 24.4 Å². The summed E-state index contributed by atoms with van der Waals surface area (Å²) in [6.45, 7) is 7.93. The fraction of sp³-hybridized carbons (Fsp3) is 0.357. The number of hydrogen-bond donors (Lipinski definition) is 2. The van der Waals surface area contributed by atoms with Crippen LogP contribution in [0.3, 0.4) is 0 Å². The molecule has 0 aliphatic carbocycles. The fourth-order valence-electron chi connectivity index (χ4n) is 5.01. The van der Waals surface area contributed by atoms with Crippen molar-refractivity contribution in [2.45, 2.75) is 39.8 Å². The topological polar surface area (TPSA) is 74.7 Å². The predicted octanol–water partition coefficient (Wildman–Crippen LogP) is 4.50. The van der Waals surface area contributed by atoms with Crippen LogP contribution < -0.4 is 15.0 Å². The molecule has 2 aliphatic heterocycles. The summed E-state index contributed by atoms with van der Waals surface area (Å²) in [5, 5.41) is 12.8. The third-order valence-electron chi connectivity index (χ3n) is 7.06. The van der Waals surface area contributed by atoms with Crippen molar-refractivity contribution in [3.8, 4) is 17.0 Å². The van der Waals surface area contributed by atoms with Crippen molar-refractivity contribution < 1.29 is 14.6 Å². The number of ether oxygens (including phenoxy) is 1. The number of hydrogen-bond acceptors (Lipinski definition) is 5. The molecule has 5 rings (SSSR count). The zero-order chi connectivity index (χ0) is 23.7. The number of pyridine rings is 1. The maximum Gasteiger partial charge on any atom is 0.308 e. The lowest BCUT2D eigenvalue weighted by molar-refractivity contribution is -0.140. The standard InChI is InChI=1S/C28H31N3O3/c1-18-6-9-26(34-17-22-8-7-20-15-29-12-10-23(20)19(22)2)24(14-18)25-4-3-5-27(30-25)31-13-11-21(16-31)28(32)33/h3-9,14,21,29H,10-13,15-17H2,1-2H3,(H,32,33)/t21-/m1/s1. The van der Waals surface area contributed by atoms with Crippen molar-refractivity contribution in [1.29, 1.82) is 0 Å². The molecule has 2 aromatic carbocycles. The molecule has 6 heteroatoms. The first-order chi connectivity index (χ1) is 16.5. The highest BCUT2D eigenvalue weighted by Crippen LogP contribution is 2.33. The molecule has 1 aromatic heterocycles. The third-order valence-corrected chi connectivity index (χ3v) is 7.06. The molecular formula is C28H31N3O3. The zero-order valence-electron chi connectivity index (χ0n) is 19.8. The highest BCUT2D eigenvalue weighted by atomic mass is 16.5. The van der Waals surface area contributed by atoms with E-state index in [1.54, 1.807) is 0 Å². The number of carboxylic acid groups (broad SMARTS) is 1. The van der Waals surface area contributed by atoms with Crippen molar-refractivity contribution in [2.75, 3.05) is 24.5 Å². The van der Waals surface area contributed by atoms with E-state index in [0.29, 0.717) is 26.1 Å². The van der Waals surface area contributed by atoms with Crippen LogP contribution in [0.25, 0.3) is 11.3 Å². The van der Waals surface area contributed by atoms with Gasteiger partial charge in [0.15, 0.2) is 0 Å². The van der Waals surface area contributed by atoms with E-state index in [1.807, 2.05) is 24.3 Å². The summed E-state index contributed by atoms with van der Waals surface area (Å²) in [5.41, 5.74) is 8.30. The minimum atomic E-state index is -0.734. The second kappa shape index (κ2) is 9.47. The van der Waals surface area contributed by atoms with Crippen LogP contribution in [0.5, 0.6) is 5.75 Å². The van der Waals surface area contributed by atoms with Gasteiger partial charge in [-0.3, -0.25) is 4.79 Å². The molecule has 3 heterocycles. The number of nitrogens with zero attached hydrogens (tertiary/aromatic N) is 2. The quantitative estimate of drug-likeness (QED) is 0.568. The number of nitrogens with one attached hydrogen (secondary N) is 1. The fourth-order valence-corrected chi connectivity index (χ4v) is 5.01. The number of carboxylic acids is 1. The van der Waals surface area contributed by atoms with Gasteiger partial charge < -0.3 is 20.1 Å². The van der Waals surface area contributed by atoms with Crippen molar-refractivity contribution in [3.05, 3.63) is 76.3 Å². The lowest BCUT2D eigenvalue weighted by atomic mass is 9.93. The molecule has 6 nitrogen and oxygen atoms in total. The van der Waals surface area contributed by atoms with Gasteiger partial charge in [0.25, 0.3) is 0 Å². The molecule has 1 atom stereocenters. The van der Waals surface area contributed by atoms with Crippen LogP contribution >= 0.6 is 0 Å². The van der Waals surface area contributed by atoms with Gasteiger partial charge >= 0.3 is 5.97 Å². The predicted molar refractivity (Wildman–Crippen MR) is 133 cm³/mol. The number of fused-ring (bicyclic) bond motifs is 1. The molecule has 2 N–H and O–H groups in total. The van der Waals surface area contributed by atoms with E-state index < -0.39 is 5.97 Å². The molecular weight excluding hydrogens is 426 g/mol. The zero-order valence-corrected chi connectivity index (χ0v) is 19.8. The number of aryl methyl sites for hydroxylation is 1. The van der Waals surface area contributed by atoms with Crippen molar-refractivity contribution >= 4 is 11.8 Å². The maximum atomic E-state index is 11.4. The van der Waals surface area contributed by atoms with E-state index in [-0.39, 0.29) is 5.92 Å². The first-order valence-electron chi connectivity index (χ1n) is 12.0. The highest BCUT2D eigenvalue weighted by molar-refractivity contribution is 5.73. The van der Waals surface area contributed by atoms with Crippen LogP contribution in [0, 0.1) is 19.8 Å². The molecule has 0 unspecified atom stereocenters. The molecule has 1 fully saturated rings. The van der Waals surface area contributed by atoms with Crippen LogP contribution in [0.15, 0.2) is 48.5 Å².